The molecule has 1 amide bonds. The molecule has 0 spiro atoms. The molecule has 0 aromatic heterocycles. The van der Waals surface area contributed by atoms with Gasteiger partial charge in [-0.05, 0) is 31.5 Å². The van der Waals surface area contributed by atoms with Crippen molar-refractivity contribution in [3.63, 3.8) is 0 Å². The highest BCUT2D eigenvalue weighted by Gasteiger charge is 2.06. The molecule has 15 heavy (non-hydrogen) atoms. The molecule has 3 nitrogen and oxygen atoms in total. The Morgan fingerprint density at radius 1 is 1.60 bits per heavy atom. The number of rotatable bonds is 3. The number of amides is 1. The van der Waals surface area contributed by atoms with Gasteiger partial charge in [-0.1, -0.05) is 6.07 Å². The number of nitrogens with one attached hydrogen (secondary N) is 1. The minimum atomic E-state index is -0.325. The van der Waals surface area contributed by atoms with Crippen molar-refractivity contribution >= 4 is 11.6 Å². The zero-order valence-electron chi connectivity index (χ0n) is 8.88. The summed E-state index contributed by atoms with van der Waals surface area (Å²) in [5, 5.41) is 2.58. The lowest BCUT2D eigenvalue weighted by molar-refractivity contribution is -0.116. The Hall–Kier alpha value is -1.42. The van der Waals surface area contributed by atoms with E-state index in [1.165, 1.54) is 6.07 Å². The first-order chi connectivity index (χ1) is 6.99. The molecule has 0 fully saturated rings. The maximum absolute atomic E-state index is 13.1. The van der Waals surface area contributed by atoms with Crippen LogP contribution in [0.25, 0.3) is 0 Å². The zero-order valence-corrected chi connectivity index (χ0v) is 8.88. The molecule has 0 heterocycles. The highest BCUT2D eigenvalue weighted by molar-refractivity contribution is 5.91. The van der Waals surface area contributed by atoms with Gasteiger partial charge in [0.05, 0.1) is 0 Å². The molecule has 1 aromatic carbocycles. The molecule has 1 rings (SSSR count). The fourth-order valence-corrected chi connectivity index (χ4v) is 1.18. The van der Waals surface area contributed by atoms with Crippen LogP contribution in [0.15, 0.2) is 18.2 Å². The van der Waals surface area contributed by atoms with Crippen molar-refractivity contribution in [2.24, 2.45) is 5.73 Å². The maximum atomic E-state index is 13.1. The second-order valence-electron chi connectivity index (χ2n) is 3.69. The lowest BCUT2D eigenvalue weighted by Gasteiger charge is -2.07. The number of hydrogen-bond acceptors (Lipinski definition) is 2. The van der Waals surface area contributed by atoms with Crippen molar-refractivity contribution in [2.45, 2.75) is 26.3 Å². The number of aryl methyl sites for hydroxylation is 1. The SMILES string of the molecule is Cc1ccc(NC(=O)CC(C)N)cc1F. The third-order valence-corrected chi connectivity index (χ3v) is 1.96. The summed E-state index contributed by atoms with van der Waals surface area (Å²) in [6, 6.07) is 4.39. The van der Waals surface area contributed by atoms with Gasteiger partial charge in [-0.2, -0.15) is 0 Å². The molecular weight excluding hydrogens is 195 g/mol. The van der Waals surface area contributed by atoms with Gasteiger partial charge >= 0.3 is 0 Å². The second kappa shape index (κ2) is 4.89. The van der Waals surface area contributed by atoms with E-state index in [1.54, 1.807) is 26.0 Å². The van der Waals surface area contributed by atoms with E-state index < -0.39 is 0 Å². The molecule has 0 aliphatic heterocycles. The number of hydrogen-bond donors (Lipinski definition) is 2. The largest absolute Gasteiger partial charge is 0.327 e. The molecule has 1 aromatic rings. The Balaban J connectivity index is 2.65. The van der Waals surface area contributed by atoms with Crippen LogP contribution >= 0.6 is 0 Å². The van der Waals surface area contributed by atoms with Crippen molar-refractivity contribution in [2.75, 3.05) is 5.32 Å². The number of anilines is 1. The Labute approximate surface area is 88.5 Å². The predicted octanol–water partition coefficient (Wildman–Crippen LogP) is 1.81. The van der Waals surface area contributed by atoms with E-state index in [-0.39, 0.29) is 24.2 Å². The molecule has 1 unspecified atom stereocenters. The number of halogens is 1. The van der Waals surface area contributed by atoms with Gasteiger partial charge in [-0.25, -0.2) is 4.39 Å². The van der Waals surface area contributed by atoms with Crippen LogP contribution in [-0.4, -0.2) is 11.9 Å². The second-order valence-corrected chi connectivity index (χ2v) is 3.69. The smallest absolute Gasteiger partial charge is 0.225 e. The summed E-state index contributed by atoms with van der Waals surface area (Å²) < 4.78 is 13.1. The lowest BCUT2D eigenvalue weighted by Crippen LogP contribution is -2.24. The monoisotopic (exact) mass is 210 g/mol. The molecule has 0 bridgehead atoms. The zero-order chi connectivity index (χ0) is 11.4. The summed E-state index contributed by atoms with van der Waals surface area (Å²) >= 11 is 0. The van der Waals surface area contributed by atoms with E-state index in [4.69, 9.17) is 5.73 Å². The Kier molecular flexibility index (Phi) is 3.80. The van der Waals surface area contributed by atoms with Gasteiger partial charge in [-0.3, -0.25) is 4.79 Å². The molecular formula is C11H15FN2O. The van der Waals surface area contributed by atoms with E-state index in [0.717, 1.165) is 0 Å². The Morgan fingerprint density at radius 2 is 2.27 bits per heavy atom. The molecule has 0 saturated carbocycles. The third-order valence-electron chi connectivity index (χ3n) is 1.96. The van der Waals surface area contributed by atoms with Crippen LogP contribution in [-0.2, 0) is 4.79 Å². The van der Waals surface area contributed by atoms with Gasteiger partial charge in [-0.15, -0.1) is 0 Å². The maximum Gasteiger partial charge on any atom is 0.225 e. The van der Waals surface area contributed by atoms with Gasteiger partial charge < -0.3 is 11.1 Å². The first kappa shape index (κ1) is 11.7. The fourth-order valence-electron chi connectivity index (χ4n) is 1.18. The van der Waals surface area contributed by atoms with Crippen LogP contribution in [0.4, 0.5) is 10.1 Å². The lowest BCUT2D eigenvalue weighted by atomic mass is 10.2. The summed E-state index contributed by atoms with van der Waals surface area (Å²) in [5.41, 5.74) is 6.48. The van der Waals surface area contributed by atoms with Crippen molar-refractivity contribution in [1.82, 2.24) is 0 Å². The molecule has 4 heteroatoms. The van der Waals surface area contributed by atoms with Gasteiger partial charge in [0, 0.05) is 18.2 Å². The first-order valence-corrected chi connectivity index (χ1v) is 4.80. The number of carbonyl (C=O) groups excluding carboxylic acids is 1. The Morgan fingerprint density at radius 3 is 2.80 bits per heavy atom. The quantitative estimate of drug-likeness (QED) is 0.799. The summed E-state index contributed by atoms with van der Waals surface area (Å²) in [4.78, 5) is 11.3. The van der Waals surface area contributed by atoms with Crippen LogP contribution < -0.4 is 11.1 Å². The van der Waals surface area contributed by atoms with Crippen LogP contribution in [0.5, 0.6) is 0 Å². The van der Waals surface area contributed by atoms with Gasteiger partial charge in [0.15, 0.2) is 0 Å². The standard InChI is InChI=1S/C11H15FN2O/c1-7-3-4-9(6-10(7)12)14-11(15)5-8(2)13/h3-4,6,8H,5,13H2,1-2H3,(H,14,15). The molecule has 82 valence electrons. The average Bonchev–Trinajstić information content (AvgIpc) is 2.10. The average molecular weight is 210 g/mol. The molecule has 0 radical (unpaired) electrons. The molecule has 0 aliphatic carbocycles. The van der Waals surface area contributed by atoms with Gasteiger partial charge in [0.25, 0.3) is 0 Å². The van der Waals surface area contributed by atoms with E-state index in [0.29, 0.717) is 11.3 Å². The van der Waals surface area contributed by atoms with E-state index in [2.05, 4.69) is 5.32 Å². The van der Waals surface area contributed by atoms with Crippen molar-refractivity contribution in [1.29, 1.82) is 0 Å². The summed E-state index contributed by atoms with van der Waals surface area (Å²) in [6.45, 7) is 3.41. The van der Waals surface area contributed by atoms with Crippen molar-refractivity contribution in [3.8, 4) is 0 Å². The third kappa shape index (κ3) is 3.67. The van der Waals surface area contributed by atoms with Crippen molar-refractivity contribution in [3.05, 3.63) is 29.6 Å². The number of nitrogens with two attached hydrogens (primary N) is 1. The topological polar surface area (TPSA) is 55.1 Å². The molecule has 3 N–H and O–H groups in total. The van der Waals surface area contributed by atoms with Gasteiger partial charge in [0.2, 0.25) is 5.91 Å². The summed E-state index contributed by atoms with van der Waals surface area (Å²) in [5.74, 6) is -0.526. The number of benzene rings is 1. The highest BCUT2D eigenvalue weighted by atomic mass is 19.1. The van der Waals surface area contributed by atoms with E-state index in [1.807, 2.05) is 0 Å². The van der Waals surface area contributed by atoms with Crippen LogP contribution in [0.2, 0.25) is 0 Å². The minimum absolute atomic E-state index is 0.194. The van der Waals surface area contributed by atoms with Gasteiger partial charge in [0.1, 0.15) is 5.82 Å². The predicted molar refractivity (Wildman–Crippen MR) is 58.0 cm³/mol. The molecule has 1 atom stereocenters. The minimum Gasteiger partial charge on any atom is -0.327 e. The first-order valence-electron chi connectivity index (χ1n) is 4.80. The van der Waals surface area contributed by atoms with Crippen LogP contribution in [0.1, 0.15) is 18.9 Å². The van der Waals surface area contributed by atoms with E-state index >= 15 is 0 Å². The van der Waals surface area contributed by atoms with Crippen molar-refractivity contribution < 1.29 is 9.18 Å². The van der Waals surface area contributed by atoms with Crippen LogP contribution in [0.3, 0.4) is 0 Å². The highest BCUT2D eigenvalue weighted by Crippen LogP contribution is 2.13. The normalized spacial score (nSPS) is 12.3. The Bertz CT molecular complexity index is 364. The summed E-state index contributed by atoms with van der Waals surface area (Å²) in [7, 11) is 0. The number of carbonyl (C=O) groups is 1. The van der Waals surface area contributed by atoms with Crippen LogP contribution in [0, 0.1) is 12.7 Å². The van der Waals surface area contributed by atoms with E-state index in [9.17, 15) is 9.18 Å². The fraction of sp³-hybridized carbons (Fsp3) is 0.364. The molecule has 0 aliphatic rings. The summed E-state index contributed by atoms with van der Waals surface area (Å²) in [6.07, 6.45) is 0.232. The molecule has 0 saturated heterocycles.